The van der Waals surface area contributed by atoms with E-state index >= 15 is 0 Å². The molecule has 2 aromatic heterocycles. The number of hydrogen-bond acceptors (Lipinski definition) is 5. The molecule has 0 aromatic carbocycles. The predicted octanol–water partition coefficient (Wildman–Crippen LogP) is 2.17. The number of furan rings is 1. The summed E-state index contributed by atoms with van der Waals surface area (Å²) in [5.74, 6) is 1.52. The zero-order valence-corrected chi connectivity index (χ0v) is 9.30. The molecule has 1 N–H and O–H groups in total. The summed E-state index contributed by atoms with van der Waals surface area (Å²) in [7, 11) is 1.56. The van der Waals surface area contributed by atoms with Gasteiger partial charge in [0.1, 0.15) is 11.8 Å². The normalized spacial score (nSPS) is 9.65. The van der Waals surface area contributed by atoms with Crippen molar-refractivity contribution >= 4 is 5.69 Å². The van der Waals surface area contributed by atoms with E-state index in [1.165, 1.54) is 0 Å². The average Bonchev–Trinajstić information content (AvgIpc) is 2.84. The Morgan fingerprint density at radius 1 is 1.47 bits per heavy atom. The lowest BCUT2D eigenvalue weighted by atomic mass is 10.3. The molecular weight excluding hydrogens is 218 g/mol. The number of anilines is 1. The summed E-state index contributed by atoms with van der Waals surface area (Å²) in [5, 5.41) is 11.8. The van der Waals surface area contributed by atoms with Gasteiger partial charge in [0.05, 0.1) is 19.3 Å². The molecule has 0 aliphatic carbocycles. The lowest BCUT2D eigenvalue weighted by molar-refractivity contribution is 0.399. The summed E-state index contributed by atoms with van der Waals surface area (Å²) < 4.78 is 10.3. The first-order valence-corrected chi connectivity index (χ1v) is 5.05. The molecule has 0 unspecified atom stereocenters. The van der Waals surface area contributed by atoms with Crippen molar-refractivity contribution in [2.45, 2.75) is 6.54 Å². The molecule has 0 amide bonds. The van der Waals surface area contributed by atoms with Crippen LogP contribution in [0.25, 0.3) is 0 Å². The Bertz CT molecular complexity index is 543. The number of ether oxygens (including phenoxy) is 1. The molecule has 0 aliphatic heterocycles. The van der Waals surface area contributed by atoms with Gasteiger partial charge in [0.15, 0.2) is 0 Å². The first-order valence-electron chi connectivity index (χ1n) is 5.05. The highest BCUT2D eigenvalue weighted by Crippen LogP contribution is 2.20. The smallest absolute Gasteiger partial charge is 0.237 e. The van der Waals surface area contributed by atoms with Crippen molar-refractivity contribution in [3.8, 4) is 11.9 Å². The van der Waals surface area contributed by atoms with E-state index in [1.54, 1.807) is 25.4 Å². The maximum Gasteiger partial charge on any atom is 0.237 e. The van der Waals surface area contributed by atoms with Gasteiger partial charge in [0.25, 0.3) is 0 Å². The van der Waals surface area contributed by atoms with Gasteiger partial charge in [-0.25, -0.2) is 4.98 Å². The van der Waals surface area contributed by atoms with Gasteiger partial charge in [-0.05, 0) is 24.3 Å². The number of rotatable bonds is 4. The van der Waals surface area contributed by atoms with Crippen LogP contribution in [0.4, 0.5) is 5.69 Å². The largest absolute Gasteiger partial charge is 0.480 e. The van der Waals surface area contributed by atoms with Gasteiger partial charge in [-0.15, -0.1) is 0 Å². The number of hydrogen-bond donors (Lipinski definition) is 1. The van der Waals surface area contributed by atoms with Crippen LogP contribution in [0.2, 0.25) is 0 Å². The molecule has 2 aromatic rings. The van der Waals surface area contributed by atoms with Crippen LogP contribution in [-0.2, 0) is 6.54 Å². The van der Waals surface area contributed by atoms with Gasteiger partial charge in [-0.2, -0.15) is 5.26 Å². The third kappa shape index (κ3) is 2.55. The zero-order valence-electron chi connectivity index (χ0n) is 9.30. The van der Waals surface area contributed by atoms with E-state index in [2.05, 4.69) is 10.3 Å². The zero-order chi connectivity index (χ0) is 12.1. The van der Waals surface area contributed by atoms with Crippen molar-refractivity contribution in [3.05, 3.63) is 42.0 Å². The highest BCUT2D eigenvalue weighted by molar-refractivity contribution is 5.52. The van der Waals surface area contributed by atoms with Crippen LogP contribution in [-0.4, -0.2) is 12.1 Å². The SMILES string of the molecule is COc1ncccc1NCc1ccc(C#N)o1. The third-order valence-electron chi connectivity index (χ3n) is 2.19. The minimum atomic E-state index is 0.306. The monoisotopic (exact) mass is 229 g/mol. The van der Waals surface area contributed by atoms with Crippen LogP contribution in [0.3, 0.4) is 0 Å². The summed E-state index contributed by atoms with van der Waals surface area (Å²) in [6.07, 6.45) is 1.66. The van der Waals surface area contributed by atoms with Crippen molar-refractivity contribution in [3.63, 3.8) is 0 Å². The molecule has 0 fully saturated rings. The molecule has 0 atom stereocenters. The molecule has 5 heteroatoms. The topological polar surface area (TPSA) is 71.1 Å². The summed E-state index contributed by atoms with van der Waals surface area (Å²) in [4.78, 5) is 4.06. The minimum absolute atomic E-state index is 0.306. The standard InChI is InChI=1S/C12H11N3O2/c1-16-12-11(3-2-6-14-12)15-8-10-5-4-9(7-13)17-10/h2-6,15H,8H2,1H3. The lowest BCUT2D eigenvalue weighted by Crippen LogP contribution is -2.01. The number of nitriles is 1. The van der Waals surface area contributed by atoms with Crippen LogP contribution < -0.4 is 10.1 Å². The maximum atomic E-state index is 8.62. The highest BCUT2D eigenvalue weighted by atomic mass is 16.5. The van der Waals surface area contributed by atoms with E-state index in [9.17, 15) is 0 Å². The molecular formula is C12H11N3O2. The molecule has 0 spiro atoms. The van der Waals surface area contributed by atoms with E-state index in [0.717, 1.165) is 5.69 Å². The van der Waals surface area contributed by atoms with Crippen molar-refractivity contribution in [2.24, 2.45) is 0 Å². The second kappa shape index (κ2) is 5.03. The average molecular weight is 229 g/mol. The van der Waals surface area contributed by atoms with Crippen molar-refractivity contribution in [2.75, 3.05) is 12.4 Å². The molecule has 0 saturated heterocycles. The number of methoxy groups -OCH3 is 1. The van der Waals surface area contributed by atoms with Gasteiger partial charge >= 0.3 is 0 Å². The van der Waals surface area contributed by atoms with E-state index in [-0.39, 0.29) is 0 Å². The maximum absolute atomic E-state index is 8.62. The molecule has 0 radical (unpaired) electrons. The Morgan fingerprint density at radius 3 is 3.06 bits per heavy atom. The minimum Gasteiger partial charge on any atom is -0.480 e. The summed E-state index contributed by atoms with van der Waals surface area (Å²) in [6, 6.07) is 9.01. The molecule has 2 heterocycles. The Hall–Kier alpha value is -2.48. The summed E-state index contributed by atoms with van der Waals surface area (Å²) in [6.45, 7) is 0.476. The van der Waals surface area contributed by atoms with Crippen molar-refractivity contribution in [1.29, 1.82) is 5.26 Å². The molecule has 5 nitrogen and oxygen atoms in total. The Kier molecular flexibility index (Phi) is 3.26. The van der Waals surface area contributed by atoms with Gasteiger partial charge in [-0.1, -0.05) is 0 Å². The van der Waals surface area contributed by atoms with E-state index < -0.39 is 0 Å². The Labute approximate surface area is 98.7 Å². The lowest BCUT2D eigenvalue weighted by Gasteiger charge is -2.07. The number of pyridine rings is 1. The molecule has 0 saturated carbocycles. The molecule has 0 aliphatic rings. The first-order chi connectivity index (χ1) is 8.33. The summed E-state index contributed by atoms with van der Waals surface area (Å²) in [5.41, 5.74) is 0.782. The van der Waals surface area contributed by atoms with Gasteiger partial charge in [0, 0.05) is 6.20 Å². The second-order valence-electron chi connectivity index (χ2n) is 3.29. The highest BCUT2D eigenvalue weighted by Gasteiger charge is 2.04. The molecule has 17 heavy (non-hydrogen) atoms. The van der Waals surface area contributed by atoms with Gasteiger partial charge in [-0.3, -0.25) is 0 Å². The third-order valence-corrected chi connectivity index (χ3v) is 2.19. The van der Waals surface area contributed by atoms with E-state index in [1.807, 2.05) is 18.2 Å². The van der Waals surface area contributed by atoms with Crippen molar-refractivity contribution in [1.82, 2.24) is 4.98 Å². The number of aromatic nitrogens is 1. The number of nitrogens with one attached hydrogen (secondary N) is 1. The van der Waals surface area contributed by atoms with Gasteiger partial charge in [0.2, 0.25) is 11.6 Å². The van der Waals surface area contributed by atoms with E-state index in [0.29, 0.717) is 23.9 Å². The van der Waals surface area contributed by atoms with Crippen LogP contribution in [0.15, 0.2) is 34.9 Å². The molecule has 2 rings (SSSR count). The van der Waals surface area contributed by atoms with Crippen LogP contribution in [0.5, 0.6) is 5.88 Å². The molecule has 86 valence electrons. The first kappa shape index (κ1) is 11.0. The molecule has 0 bridgehead atoms. The quantitative estimate of drug-likeness (QED) is 0.869. The number of nitrogens with zero attached hydrogens (tertiary/aromatic N) is 2. The van der Waals surface area contributed by atoms with Gasteiger partial charge < -0.3 is 14.5 Å². The Morgan fingerprint density at radius 2 is 2.35 bits per heavy atom. The van der Waals surface area contributed by atoms with E-state index in [4.69, 9.17) is 14.4 Å². The summed E-state index contributed by atoms with van der Waals surface area (Å²) >= 11 is 0. The van der Waals surface area contributed by atoms with Crippen LogP contribution in [0, 0.1) is 11.3 Å². The Balaban J connectivity index is 2.05. The second-order valence-corrected chi connectivity index (χ2v) is 3.29. The fourth-order valence-electron chi connectivity index (χ4n) is 1.40. The fourth-order valence-corrected chi connectivity index (χ4v) is 1.40. The predicted molar refractivity (Wildman–Crippen MR) is 61.5 cm³/mol. The van der Waals surface area contributed by atoms with Crippen molar-refractivity contribution < 1.29 is 9.15 Å². The van der Waals surface area contributed by atoms with Crippen LogP contribution >= 0.6 is 0 Å². The fraction of sp³-hybridized carbons (Fsp3) is 0.167. The van der Waals surface area contributed by atoms with Crippen LogP contribution in [0.1, 0.15) is 11.5 Å².